The number of rotatable bonds is 4. The van der Waals surface area contributed by atoms with Gasteiger partial charge in [0.05, 0.1) is 11.7 Å². The molecule has 1 aromatic heterocycles. The molecule has 1 atom stereocenters. The predicted molar refractivity (Wildman–Crippen MR) is 71.3 cm³/mol. The van der Waals surface area contributed by atoms with Crippen LogP contribution in [0, 0.1) is 0 Å². The highest BCUT2D eigenvalue weighted by atomic mass is 16.5. The molecule has 2 heterocycles. The summed E-state index contributed by atoms with van der Waals surface area (Å²) in [6.45, 7) is 1.14. The molecule has 0 aliphatic carbocycles. The third kappa shape index (κ3) is 2.42. The molecule has 19 heavy (non-hydrogen) atoms. The van der Waals surface area contributed by atoms with Crippen molar-refractivity contribution < 1.29 is 9.47 Å². The van der Waals surface area contributed by atoms with Crippen molar-refractivity contribution in [2.24, 2.45) is 7.05 Å². The number of hydrogen-bond donors (Lipinski definition) is 1. The fourth-order valence-corrected chi connectivity index (χ4v) is 2.22. The molecule has 0 radical (unpaired) electrons. The quantitative estimate of drug-likeness (QED) is 0.907. The van der Waals surface area contributed by atoms with Gasteiger partial charge in [0, 0.05) is 24.9 Å². The van der Waals surface area contributed by atoms with Gasteiger partial charge in [-0.2, -0.15) is 5.10 Å². The van der Waals surface area contributed by atoms with Gasteiger partial charge in [0.25, 0.3) is 0 Å². The molecule has 0 fully saturated rings. The SMILES string of the molecule is CNC1COc2cc(OCc3ccn(C)n3)ccc21. The fourth-order valence-electron chi connectivity index (χ4n) is 2.22. The van der Waals surface area contributed by atoms with Gasteiger partial charge in [0.15, 0.2) is 0 Å². The summed E-state index contributed by atoms with van der Waals surface area (Å²) < 4.78 is 13.1. The molecule has 1 unspecified atom stereocenters. The highest BCUT2D eigenvalue weighted by molar-refractivity contribution is 5.45. The highest BCUT2D eigenvalue weighted by Gasteiger charge is 2.22. The van der Waals surface area contributed by atoms with E-state index in [0.29, 0.717) is 13.2 Å². The van der Waals surface area contributed by atoms with Crippen LogP contribution in [0.15, 0.2) is 30.5 Å². The first-order valence-corrected chi connectivity index (χ1v) is 6.31. The maximum atomic E-state index is 5.72. The Hall–Kier alpha value is -2.01. The molecular weight excluding hydrogens is 242 g/mol. The minimum absolute atomic E-state index is 0.278. The predicted octanol–water partition coefficient (Wildman–Crippen LogP) is 1.65. The van der Waals surface area contributed by atoms with Crippen LogP contribution in [0.2, 0.25) is 0 Å². The summed E-state index contributed by atoms with van der Waals surface area (Å²) in [4.78, 5) is 0. The summed E-state index contributed by atoms with van der Waals surface area (Å²) in [5, 5.41) is 7.50. The van der Waals surface area contributed by atoms with Gasteiger partial charge < -0.3 is 14.8 Å². The van der Waals surface area contributed by atoms with E-state index in [4.69, 9.17) is 9.47 Å². The second-order valence-electron chi connectivity index (χ2n) is 4.62. The Labute approximate surface area is 112 Å². The smallest absolute Gasteiger partial charge is 0.132 e. The molecule has 5 nitrogen and oxygen atoms in total. The van der Waals surface area contributed by atoms with Crippen LogP contribution in [0.4, 0.5) is 0 Å². The van der Waals surface area contributed by atoms with E-state index in [2.05, 4.69) is 16.5 Å². The number of hydrogen-bond acceptors (Lipinski definition) is 4. The number of benzene rings is 1. The summed E-state index contributed by atoms with van der Waals surface area (Å²) >= 11 is 0. The number of fused-ring (bicyclic) bond motifs is 1. The lowest BCUT2D eigenvalue weighted by Gasteiger charge is -2.08. The normalized spacial score (nSPS) is 17.1. The van der Waals surface area contributed by atoms with Crippen molar-refractivity contribution in [2.75, 3.05) is 13.7 Å². The Kier molecular flexibility index (Phi) is 3.13. The molecule has 0 saturated carbocycles. The van der Waals surface area contributed by atoms with Gasteiger partial charge in [0.2, 0.25) is 0 Å². The van der Waals surface area contributed by atoms with E-state index >= 15 is 0 Å². The van der Waals surface area contributed by atoms with Crippen LogP contribution in [-0.2, 0) is 13.7 Å². The monoisotopic (exact) mass is 259 g/mol. The van der Waals surface area contributed by atoms with E-state index in [1.165, 1.54) is 5.56 Å². The van der Waals surface area contributed by atoms with Gasteiger partial charge in [-0.1, -0.05) is 0 Å². The Morgan fingerprint density at radius 3 is 3.11 bits per heavy atom. The summed E-state index contributed by atoms with van der Waals surface area (Å²) in [6.07, 6.45) is 1.90. The molecule has 1 aromatic carbocycles. The molecule has 1 aliphatic heterocycles. The van der Waals surface area contributed by atoms with Crippen molar-refractivity contribution in [2.45, 2.75) is 12.6 Å². The van der Waals surface area contributed by atoms with E-state index in [9.17, 15) is 0 Å². The van der Waals surface area contributed by atoms with Gasteiger partial charge in [-0.05, 0) is 25.2 Å². The Morgan fingerprint density at radius 1 is 1.47 bits per heavy atom. The number of nitrogens with one attached hydrogen (secondary N) is 1. The number of likely N-dealkylation sites (N-methyl/N-ethyl adjacent to an activating group) is 1. The average molecular weight is 259 g/mol. The van der Waals surface area contributed by atoms with Crippen molar-refractivity contribution in [3.05, 3.63) is 41.7 Å². The molecule has 1 N–H and O–H groups in total. The standard InChI is InChI=1S/C14H17N3O2/c1-15-13-9-19-14-7-11(3-4-12(13)14)18-8-10-5-6-17(2)16-10/h3-7,13,15H,8-9H2,1-2H3. The van der Waals surface area contributed by atoms with Gasteiger partial charge in [-0.25, -0.2) is 0 Å². The molecule has 0 saturated heterocycles. The van der Waals surface area contributed by atoms with Crippen molar-refractivity contribution >= 4 is 0 Å². The minimum atomic E-state index is 0.278. The number of aromatic nitrogens is 2. The second kappa shape index (κ2) is 4.93. The molecular formula is C14H17N3O2. The van der Waals surface area contributed by atoms with Crippen LogP contribution >= 0.6 is 0 Å². The maximum absolute atomic E-state index is 5.72. The molecule has 100 valence electrons. The minimum Gasteiger partial charge on any atom is -0.491 e. The zero-order valence-corrected chi connectivity index (χ0v) is 11.1. The molecule has 0 bridgehead atoms. The summed E-state index contributed by atoms with van der Waals surface area (Å²) in [6, 6.07) is 8.19. The van der Waals surface area contributed by atoms with Crippen LogP contribution in [0.3, 0.4) is 0 Å². The zero-order valence-electron chi connectivity index (χ0n) is 11.1. The van der Waals surface area contributed by atoms with E-state index in [1.54, 1.807) is 4.68 Å². The van der Waals surface area contributed by atoms with Crippen LogP contribution < -0.4 is 14.8 Å². The van der Waals surface area contributed by atoms with E-state index < -0.39 is 0 Å². The molecule has 2 aromatic rings. The number of aryl methyl sites for hydroxylation is 1. The van der Waals surface area contributed by atoms with Crippen molar-refractivity contribution in [1.29, 1.82) is 0 Å². The lowest BCUT2D eigenvalue weighted by molar-refractivity contribution is 0.294. The first-order chi connectivity index (χ1) is 9.26. The largest absolute Gasteiger partial charge is 0.491 e. The number of nitrogens with zero attached hydrogens (tertiary/aromatic N) is 2. The molecule has 5 heteroatoms. The lowest BCUT2D eigenvalue weighted by Crippen LogP contribution is -2.17. The van der Waals surface area contributed by atoms with E-state index in [-0.39, 0.29) is 6.04 Å². The van der Waals surface area contributed by atoms with Crippen LogP contribution in [-0.4, -0.2) is 23.4 Å². The summed E-state index contributed by atoms with van der Waals surface area (Å²) in [7, 11) is 3.83. The third-order valence-electron chi connectivity index (χ3n) is 3.27. The van der Waals surface area contributed by atoms with Crippen LogP contribution in [0.25, 0.3) is 0 Å². The van der Waals surface area contributed by atoms with Crippen molar-refractivity contribution in [1.82, 2.24) is 15.1 Å². The first kappa shape index (κ1) is 12.0. The van der Waals surface area contributed by atoms with Gasteiger partial charge in [-0.15, -0.1) is 0 Å². The Morgan fingerprint density at radius 2 is 2.37 bits per heavy atom. The third-order valence-corrected chi connectivity index (χ3v) is 3.27. The fraction of sp³-hybridized carbons (Fsp3) is 0.357. The van der Waals surface area contributed by atoms with Crippen molar-refractivity contribution in [3.8, 4) is 11.5 Å². The highest BCUT2D eigenvalue weighted by Crippen LogP contribution is 2.35. The topological polar surface area (TPSA) is 48.3 Å². The summed E-state index contributed by atoms with van der Waals surface area (Å²) in [5.41, 5.74) is 2.10. The van der Waals surface area contributed by atoms with E-state index in [0.717, 1.165) is 17.2 Å². The van der Waals surface area contributed by atoms with Crippen LogP contribution in [0.1, 0.15) is 17.3 Å². The molecule has 0 amide bonds. The van der Waals surface area contributed by atoms with Gasteiger partial charge in [-0.3, -0.25) is 4.68 Å². The maximum Gasteiger partial charge on any atom is 0.132 e. The Balaban J connectivity index is 1.69. The zero-order chi connectivity index (χ0) is 13.2. The summed E-state index contributed by atoms with van der Waals surface area (Å²) in [5.74, 6) is 1.71. The van der Waals surface area contributed by atoms with Gasteiger partial charge in [0.1, 0.15) is 24.7 Å². The number of ether oxygens (including phenoxy) is 2. The van der Waals surface area contributed by atoms with Crippen LogP contribution in [0.5, 0.6) is 11.5 Å². The first-order valence-electron chi connectivity index (χ1n) is 6.31. The molecule has 1 aliphatic rings. The van der Waals surface area contributed by atoms with E-state index in [1.807, 2.05) is 38.5 Å². The lowest BCUT2D eigenvalue weighted by atomic mass is 10.1. The molecule has 3 rings (SSSR count). The second-order valence-corrected chi connectivity index (χ2v) is 4.62. The molecule has 0 spiro atoms. The van der Waals surface area contributed by atoms with Crippen molar-refractivity contribution in [3.63, 3.8) is 0 Å². The van der Waals surface area contributed by atoms with Gasteiger partial charge >= 0.3 is 0 Å². The Bertz CT molecular complexity index is 580. The average Bonchev–Trinajstić information content (AvgIpc) is 3.01.